The fraction of sp³-hybridized carbons (Fsp3) is 0.412. The van der Waals surface area contributed by atoms with Crippen molar-refractivity contribution in [2.24, 2.45) is 0 Å². The van der Waals surface area contributed by atoms with Gasteiger partial charge in [0.2, 0.25) is 0 Å². The molecule has 2 heterocycles. The number of halogens is 1. The Morgan fingerprint density at radius 1 is 1.33 bits per heavy atom. The number of hydrogen-bond acceptors (Lipinski definition) is 5. The van der Waals surface area contributed by atoms with Crippen LogP contribution in [-0.2, 0) is 9.47 Å². The van der Waals surface area contributed by atoms with E-state index in [4.69, 9.17) is 9.47 Å². The molecule has 1 aliphatic heterocycles. The number of esters is 1. The number of ether oxygens (including phenoxy) is 2. The smallest absolute Gasteiger partial charge is 0.359 e. The molecule has 0 N–H and O–H groups in total. The van der Waals surface area contributed by atoms with E-state index in [0.29, 0.717) is 19.8 Å². The van der Waals surface area contributed by atoms with Crippen LogP contribution >= 0.6 is 0 Å². The molecule has 1 fully saturated rings. The molecule has 6 nitrogen and oxygen atoms in total. The Morgan fingerprint density at radius 2 is 2.08 bits per heavy atom. The van der Waals surface area contributed by atoms with Crippen LogP contribution in [0.25, 0.3) is 5.69 Å². The minimum Gasteiger partial charge on any atom is -0.457 e. The Bertz CT molecular complexity index is 698. The molecule has 0 spiro atoms. The van der Waals surface area contributed by atoms with Crippen molar-refractivity contribution in [3.05, 3.63) is 48.0 Å². The highest BCUT2D eigenvalue weighted by molar-refractivity contribution is 5.87. The summed E-state index contributed by atoms with van der Waals surface area (Å²) in [6, 6.07) is 7.78. The van der Waals surface area contributed by atoms with Gasteiger partial charge in [-0.05, 0) is 25.1 Å². The molecule has 2 aromatic rings. The lowest BCUT2D eigenvalue weighted by Crippen LogP contribution is -2.41. The first-order valence-corrected chi connectivity index (χ1v) is 7.95. The number of para-hydroxylation sites is 1. The van der Waals surface area contributed by atoms with E-state index in [9.17, 15) is 9.18 Å². The highest BCUT2D eigenvalue weighted by Gasteiger charge is 2.19. The molecule has 24 heavy (non-hydrogen) atoms. The van der Waals surface area contributed by atoms with E-state index >= 15 is 0 Å². The minimum atomic E-state index is -0.508. The summed E-state index contributed by atoms with van der Waals surface area (Å²) in [5.41, 5.74) is 0.449. The van der Waals surface area contributed by atoms with E-state index in [1.807, 2.05) is 6.92 Å². The third-order valence-electron chi connectivity index (χ3n) is 3.82. The van der Waals surface area contributed by atoms with Gasteiger partial charge in [-0.1, -0.05) is 12.1 Å². The monoisotopic (exact) mass is 333 g/mol. The van der Waals surface area contributed by atoms with Gasteiger partial charge in [-0.2, -0.15) is 5.10 Å². The van der Waals surface area contributed by atoms with Crippen molar-refractivity contribution in [3.63, 3.8) is 0 Å². The van der Waals surface area contributed by atoms with Crippen molar-refractivity contribution in [2.75, 3.05) is 32.8 Å². The van der Waals surface area contributed by atoms with Crippen molar-refractivity contribution in [1.82, 2.24) is 14.7 Å². The highest BCUT2D eigenvalue weighted by atomic mass is 19.1. The molecule has 1 aliphatic rings. The maximum Gasteiger partial charge on any atom is 0.359 e. The average molecular weight is 333 g/mol. The van der Waals surface area contributed by atoms with Gasteiger partial charge in [-0.25, -0.2) is 13.9 Å². The number of hydrogen-bond donors (Lipinski definition) is 0. The Labute approximate surface area is 139 Å². The maximum absolute atomic E-state index is 13.8. The third-order valence-corrected chi connectivity index (χ3v) is 3.82. The summed E-state index contributed by atoms with van der Waals surface area (Å²) in [4.78, 5) is 14.4. The van der Waals surface area contributed by atoms with Gasteiger partial charge in [-0.15, -0.1) is 0 Å². The maximum atomic E-state index is 13.8. The number of morpholine rings is 1. The molecule has 0 saturated carbocycles. The Kier molecular flexibility index (Phi) is 5.22. The van der Waals surface area contributed by atoms with Crippen LogP contribution in [0.4, 0.5) is 4.39 Å². The summed E-state index contributed by atoms with van der Waals surface area (Å²) < 4.78 is 25.8. The molecule has 1 aromatic carbocycles. The molecule has 1 aromatic heterocycles. The van der Waals surface area contributed by atoms with Gasteiger partial charge in [-0.3, -0.25) is 4.90 Å². The summed E-state index contributed by atoms with van der Waals surface area (Å²) in [7, 11) is 0. The predicted molar refractivity (Wildman–Crippen MR) is 85.7 cm³/mol. The molecule has 0 bridgehead atoms. The fourth-order valence-electron chi connectivity index (χ4n) is 2.63. The van der Waals surface area contributed by atoms with Crippen LogP contribution in [0, 0.1) is 5.82 Å². The van der Waals surface area contributed by atoms with Gasteiger partial charge in [0.15, 0.2) is 5.69 Å². The Hall–Kier alpha value is -2.25. The Balaban J connectivity index is 1.60. The van der Waals surface area contributed by atoms with Crippen molar-refractivity contribution >= 4 is 5.97 Å². The Morgan fingerprint density at radius 3 is 2.83 bits per heavy atom. The van der Waals surface area contributed by atoms with Gasteiger partial charge in [0, 0.05) is 25.8 Å². The standard InChI is InChI=1S/C17H20FN3O3/c1-13(12-20-8-10-23-11-9-20)24-17(22)15-6-7-21(19-15)16-5-3-2-4-14(16)18/h2-7,13H,8-12H2,1H3. The van der Waals surface area contributed by atoms with Crippen molar-refractivity contribution in [3.8, 4) is 5.69 Å². The molecular formula is C17H20FN3O3. The molecule has 1 saturated heterocycles. The number of aromatic nitrogens is 2. The normalized spacial score (nSPS) is 16.8. The number of carbonyl (C=O) groups is 1. The lowest BCUT2D eigenvalue weighted by Gasteiger charge is -2.28. The van der Waals surface area contributed by atoms with E-state index in [-0.39, 0.29) is 17.5 Å². The lowest BCUT2D eigenvalue weighted by atomic mass is 10.3. The first-order valence-electron chi connectivity index (χ1n) is 7.95. The summed E-state index contributed by atoms with van der Waals surface area (Å²) in [6.45, 7) is 5.58. The molecule has 7 heteroatoms. The molecule has 128 valence electrons. The zero-order valence-corrected chi connectivity index (χ0v) is 13.5. The van der Waals surface area contributed by atoms with E-state index in [0.717, 1.165) is 13.1 Å². The van der Waals surface area contributed by atoms with Gasteiger partial charge in [0.05, 0.1) is 13.2 Å². The number of carbonyl (C=O) groups excluding carboxylic acids is 1. The first kappa shape index (κ1) is 16.6. The second-order valence-corrected chi connectivity index (χ2v) is 5.73. The molecule has 0 radical (unpaired) electrons. The van der Waals surface area contributed by atoms with Crippen molar-refractivity contribution in [1.29, 1.82) is 0 Å². The third kappa shape index (κ3) is 3.98. The first-order chi connectivity index (χ1) is 11.6. The van der Waals surface area contributed by atoms with Gasteiger partial charge >= 0.3 is 5.97 Å². The predicted octanol–water partition coefficient (Wildman–Crippen LogP) is 1.89. The zero-order valence-electron chi connectivity index (χ0n) is 13.5. The summed E-state index contributed by atoms with van der Waals surface area (Å²) in [5, 5.41) is 4.11. The number of rotatable bonds is 5. The topological polar surface area (TPSA) is 56.6 Å². The van der Waals surface area contributed by atoms with E-state index in [2.05, 4.69) is 10.00 Å². The van der Waals surface area contributed by atoms with Crippen molar-refractivity contribution in [2.45, 2.75) is 13.0 Å². The minimum absolute atomic E-state index is 0.159. The molecule has 1 atom stereocenters. The van der Waals surface area contributed by atoms with Crippen LogP contribution in [-0.4, -0.2) is 59.6 Å². The van der Waals surface area contributed by atoms with Gasteiger partial charge in [0.1, 0.15) is 17.6 Å². The van der Waals surface area contributed by atoms with Gasteiger partial charge < -0.3 is 9.47 Å². The highest BCUT2D eigenvalue weighted by Crippen LogP contribution is 2.13. The van der Waals surface area contributed by atoms with Crippen LogP contribution in [0.15, 0.2) is 36.5 Å². The van der Waals surface area contributed by atoms with Crippen LogP contribution in [0.3, 0.4) is 0 Å². The molecule has 3 rings (SSSR count). The van der Waals surface area contributed by atoms with Crippen LogP contribution in [0.1, 0.15) is 17.4 Å². The summed E-state index contributed by atoms with van der Waals surface area (Å²) in [5.74, 6) is -0.910. The fourth-order valence-corrected chi connectivity index (χ4v) is 2.63. The second kappa shape index (κ2) is 7.55. The SMILES string of the molecule is CC(CN1CCOCC1)OC(=O)c1ccn(-c2ccccc2F)n1. The number of benzene rings is 1. The van der Waals surface area contributed by atoms with Gasteiger partial charge in [0.25, 0.3) is 0 Å². The van der Waals surface area contributed by atoms with E-state index in [1.54, 1.807) is 24.4 Å². The molecular weight excluding hydrogens is 313 g/mol. The van der Waals surface area contributed by atoms with Crippen LogP contribution in [0.5, 0.6) is 0 Å². The lowest BCUT2D eigenvalue weighted by molar-refractivity contribution is 0.0000910. The largest absolute Gasteiger partial charge is 0.457 e. The summed E-state index contributed by atoms with van der Waals surface area (Å²) >= 11 is 0. The second-order valence-electron chi connectivity index (χ2n) is 5.73. The average Bonchev–Trinajstić information content (AvgIpc) is 3.06. The van der Waals surface area contributed by atoms with E-state index < -0.39 is 11.8 Å². The quantitative estimate of drug-likeness (QED) is 0.782. The molecule has 0 aliphatic carbocycles. The van der Waals surface area contributed by atoms with Crippen molar-refractivity contribution < 1.29 is 18.7 Å². The molecule has 1 unspecified atom stereocenters. The van der Waals surface area contributed by atoms with Crippen LogP contribution in [0.2, 0.25) is 0 Å². The summed E-state index contributed by atoms with van der Waals surface area (Å²) in [6.07, 6.45) is 1.29. The van der Waals surface area contributed by atoms with E-state index in [1.165, 1.54) is 16.8 Å². The zero-order chi connectivity index (χ0) is 16.9. The molecule has 0 amide bonds. The number of nitrogens with zero attached hydrogens (tertiary/aromatic N) is 3. The van der Waals surface area contributed by atoms with Crippen LogP contribution < -0.4 is 0 Å².